The van der Waals surface area contributed by atoms with Crippen molar-refractivity contribution >= 4 is 28.8 Å². The van der Waals surface area contributed by atoms with Gasteiger partial charge in [0.25, 0.3) is 11.1 Å². The number of nitrogens with zero attached hydrogens (tertiary/aromatic N) is 2. The molecule has 1 atom stereocenters. The van der Waals surface area contributed by atoms with Crippen LogP contribution in [0.2, 0.25) is 0 Å². The Morgan fingerprint density at radius 3 is 2.47 bits per heavy atom. The fraction of sp³-hybridized carbons (Fsp3) is 0.440. The van der Waals surface area contributed by atoms with Crippen LogP contribution in [0.4, 0.5) is 4.79 Å². The van der Waals surface area contributed by atoms with Gasteiger partial charge in [-0.2, -0.15) is 0 Å². The van der Waals surface area contributed by atoms with E-state index in [1.54, 1.807) is 0 Å². The van der Waals surface area contributed by atoms with Crippen LogP contribution in [0, 0.1) is 5.92 Å². The SMILES string of the molecule is CCc1ccc(CCOc2ccc(CC3SC(=O)N(C(=O)C4CCCC4)C3=O)cc2)nc1. The van der Waals surface area contributed by atoms with E-state index in [2.05, 4.69) is 18.0 Å². The maximum absolute atomic E-state index is 12.7. The molecule has 1 aromatic carbocycles. The summed E-state index contributed by atoms with van der Waals surface area (Å²) in [5, 5.41) is -0.978. The van der Waals surface area contributed by atoms with E-state index in [9.17, 15) is 14.4 Å². The lowest BCUT2D eigenvalue weighted by atomic mass is 10.1. The van der Waals surface area contributed by atoms with E-state index in [4.69, 9.17) is 4.74 Å². The molecule has 1 unspecified atom stereocenters. The highest BCUT2D eigenvalue weighted by molar-refractivity contribution is 8.15. The number of pyridine rings is 1. The molecule has 0 spiro atoms. The number of imide groups is 3. The van der Waals surface area contributed by atoms with Crippen LogP contribution in [-0.4, -0.2) is 38.8 Å². The molecule has 1 aliphatic heterocycles. The Labute approximate surface area is 192 Å². The summed E-state index contributed by atoms with van der Waals surface area (Å²) < 4.78 is 5.82. The van der Waals surface area contributed by atoms with Gasteiger partial charge in [0.05, 0.1) is 11.9 Å². The van der Waals surface area contributed by atoms with Crippen LogP contribution in [0.5, 0.6) is 5.75 Å². The molecule has 1 aliphatic carbocycles. The van der Waals surface area contributed by atoms with Crippen molar-refractivity contribution in [2.45, 2.75) is 57.1 Å². The van der Waals surface area contributed by atoms with Crippen molar-refractivity contribution < 1.29 is 19.1 Å². The lowest BCUT2D eigenvalue weighted by Gasteiger charge is -2.16. The zero-order chi connectivity index (χ0) is 22.5. The van der Waals surface area contributed by atoms with Crippen molar-refractivity contribution in [2.24, 2.45) is 5.92 Å². The van der Waals surface area contributed by atoms with Crippen LogP contribution in [0.25, 0.3) is 0 Å². The summed E-state index contributed by atoms with van der Waals surface area (Å²) in [5.41, 5.74) is 3.15. The average Bonchev–Trinajstić information content (AvgIpc) is 3.44. The summed E-state index contributed by atoms with van der Waals surface area (Å²) in [4.78, 5) is 43.0. The molecule has 7 heteroatoms. The Balaban J connectivity index is 1.28. The topological polar surface area (TPSA) is 76.6 Å². The predicted molar refractivity (Wildman–Crippen MR) is 124 cm³/mol. The molecule has 3 amide bonds. The standard InChI is InChI=1S/C25H28N2O4S/c1-2-17-7-10-20(26-16-17)13-14-31-21-11-8-18(9-12-21)15-22-24(29)27(25(30)32-22)23(28)19-5-3-4-6-19/h7-12,16,19,22H,2-6,13-15H2,1H3. The fourth-order valence-corrected chi connectivity index (χ4v) is 5.17. The van der Waals surface area contributed by atoms with Crippen LogP contribution in [0.3, 0.4) is 0 Å². The van der Waals surface area contributed by atoms with E-state index in [1.807, 2.05) is 36.5 Å². The van der Waals surface area contributed by atoms with Crippen molar-refractivity contribution in [1.82, 2.24) is 9.88 Å². The Morgan fingerprint density at radius 1 is 1.09 bits per heavy atom. The largest absolute Gasteiger partial charge is 0.493 e. The van der Waals surface area contributed by atoms with E-state index in [-0.39, 0.29) is 17.7 Å². The van der Waals surface area contributed by atoms with Crippen molar-refractivity contribution in [2.75, 3.05) is 6.61 Å². The Hall–Kier alpha value is -2.67. The molecular weight excluding hydrogens is 424 g/mol. The molecule has 4 rings (SSSR count). The number of aryl methyl sites for hydroxylation is 1. The van der Waals surface area contributed by atoms with Gasteiger partial charge >= 0.3 is 0 Å². The molecular formula is C25H28N2O4S. The van der Waals surface area contributed by atoms with E-state index in [0.29, 0.717) is 13.0 Å². The first kappa shape index (κ1) is 22.5. The molecule has 168 valence electrons. The van der Waals surface area contributed by atoms with Crippen LogP contribution in [0.1, 0.15) is 49.4 Å². The molecule has 1 saturated carbocycles. The van der Waals surface area contributed by atoms with Crippen LogP contribution in [-0.2, 0) is 28.9 Å². The molecule has 6 nitrogen and oxygen atoms in total. The van der Waals surface area contributed by atoms with Gasteiger partial charge in [0.15, 0.2) is 0 Å². The molecule has 0 radical (unpaired) electrons. The number of hydrogen-bond acceptors (Lipinski definition) is 6. The molecule has 2 fully saturated rings. The van der Waals surface area contributed by atoms with Gasteiger partial charge in [0.1, 0.15) is 5.75 Å². The number of ether oxygens (including phenoxy) is 1. The van der Waals surface area contributed by atoms with Crippen molar-refractivity contribution in [3.05, 3.63) is 59.4 Å². The smallest absolute Gasteiger partial charge is 0.295 e. The van der Waals surface area contributed by atoms with Crippen molar-refractivity contribution in [3.63, 3.8) is 0 Å². The van der Waals surface area contributed by atoms with Gasteiger partial charge in [0.2, 0.25) is 5.91 Å². The Kier molecular flexibility index (Phi) is 7.25. The normalized spacial score (nSPS) is 19.0. The number of hydrogen-bond donors (Lipinski definition) is 0. The van der Waals surface area contributed by atoms with Gasteiger partial charge in [0, 0.05) is 24.2 Å². The quantitative estimate of drug-likeness (QED) is 0.545. The number of amides is 3. The second-order valence-electron chi connectivity index (χ2n) is 8.32. The summed E-state index contributed by atoms with van der Waals surface area (Å²) in [5.74, 6) is -0.120. The highest BCUT2D eigenvalue weighted by atomic mass is 32.2. The van der Waals surface area contributed by atoms with Gasteiger partial charge in [-0.05, 0) is 55.0 Å². The molecule has 1 saturated heterocycles. The van der Waals surface area contributed by atoms with Gasteiger partial charge in [-0.15, -0.1) is 0 Å². The van der Waals surface area contributed by atoms with E-state index < -0.39 is 10.5 Å². The monoisotopic (exact) mass is 452 g/mol. The number of carbonyl (C=O) groups is 3. The van der Waals surface area contributed by atoms with Gasteiger partial charge < -0.3 is 4.74 Å². The maximum Gasteiger partial charge on any atom is 0.295 e. The highest BCUT2D eigenvalue weighted by Gasteiger charge is 2.45. The highest BCUT2D eigenvalue weighted by Crippen LogP contribution is 2.34. The van der Waals surface area contributed by atoms with Crippen LogP contribution >= 0.6 is 11.8 Å². The van der Waals surface area contributed by atoms with Crippen molar-refractivity contribution in [1.29, 1.82) is 0 Å². The number of thioether (sulfide) groups is 1. The Bertz CT molecular complexity index is 968. The third-order valence-electron chi connectivity index (χ3n) is 6.11. The van der Waals surface area contributed by atoms with E-state index in [0.717, 1.165) is 72.2 Å². The predicted octanol–water partition coefficient (Wildman–Crippen LogP) is 4.59. The zero-order valence-corrected chi connectivity index (χ0v) is 19.1. The number of aromatic nitrogens is 1. The average molecular weight is 453 g/mol. The lowest BCUT2D eigenvalue weighted by molar-refractivity contribution is -0.142. The number of rotatable bonds is 8. The van der Waals surface area contributed by atoms with Gasteiger partial charge in [-0.25, -0.2) is 4.90 Å². The maximum atomic E-state index is 12.7. The van der Waals surface area contributed by atoms with Gasteiger partial charge in [-0.3, -0.25) is 19.4 Å². The zero-order valence-electron chi connectivity index (χ0n) is 18.3. The Morgan fingerprint density at radius 2 is 1.81 bits per heavy atom. The second kappa shape index (κ2) is 10.3. The number of benzene rings is 1. The minimum Gasteiger partial charge on any atom is -0.493 e. The molecule has 0 bridgehead atoms. The summed E-state index contributed by atoms with van der Waals surface area (Å²) >= 11 is 0.960. The summed E-state index contributed by atoms with van der Waals surface area (Å²) in [6, 6.07) is 11.7. The fourth-order valence-electron chi connectivity index (χ4n) is 4.16. The molecule has 2 aromatic rings. The van der Waals surface area contributed by atoms with E-state index in [1.165, 1.54) is 5.56 Å². The first-order valence-corrected chi connectivity index (χ1v) is 12.2. The minimum atomic E-state index is -0.545. The summed E-state index contributed by atoms with van der Waals surface area (Å²) in [7, 11) is 0. The molecule has 32 heavy (non-hydrogen) atoms. The molecule has 2 aliphatic rings. The third-order valence-corrected chi connectivity index (χ3v) is 7.15. The first-order valence-electron chi connectivity index (χ1n) is 11.3. The van der Waals surface area contributed by atoms with Gasteiger partial charge in [-0.1, -0.05) is 49.7 Å². The summed E-state index contributed by atoms with van der Waals surface area (Å²) in [6.45, 7) is 2.64. The van der Waals surface area contributed by atoms with Crippen LogP contribution < -0.4 is 4.74 Å². The molecule has 0 N–H and O–H groups in total. The lowest BCUT2D eigenvalue weighted by Crippen LogP contribution is -2.40. The molecule has 2 heterocycles. The minimum absolute atomic E-state index is 0.182. The molecule has 1 aromatic heterocycles. The second-order valence-corrected chi connectivity index (χ2v) is 9.48. The summed E-state index contributed by atoms with van der Waals surface area (Å²) in [6.07, 6.45) is 7.53. The van der Waals surface area contributed by atoms with E-state index >= 15 is 0 Å². The number of carbonyl (C=O) groups excluding carboxylic acids is 3. The third kappa shape index (κ3) is 5.21. The van der Waals surface area contributed by atoms with Crippen LogP contribution in [0.15, 0.2) is 42.6 Å². The van der Waals surface area contributed by atoms with Crippen molar-refractivity contribution in [3.8, 4) is 5.75 Å². The first-order chi connectivity index (χ1) is 15.5.